The first-order chi connectivity index (χ1) is 14.1. The average molecular weight is 392 g/mol. The molecule has 29 heavy (non-hydrogen) atoms. The molecule has 4 fully saturated rings. The monoisotopic (exact) mass is 392 g/mol. The fraction of sp³-hybridized carbons (Fsp3) is 0.522. The van der Waals surface area contributed by atoms with Gasteiger partial charge in [-0.15, -0.1) is 0 Å². The summed E-state index contributed by atoms with van der Waals surface area (Å²) in [5.74, 6) is 0.723. The van der Waals surface area contributed by atoms with Crippen molar-refractivity contribution in [1.82, 2.24) is 5.32 Å². The van der Waals surface area contributed by atoms with Crippen LogP contribution < -0.4 is 10.2 Å². The first kappa shape index (κ1) is 17.4. The number of rotatable bonds is 4. The molecule has 0 spiro atoms. The van der Waals surface area contributed by atoms with Crippen molar-refractivity contribution in [3.05, 3.63) is 42.0 Å². The highest BCUT2D eigenvalue weighted by molar-refractivity contribution is 6.23. The van der Waals surface area contributed by atoms with Crippen molar-refractivity contribution in [2.24, 2.45) is 35.5 Å². The molecule has 7 rings (SSSR count). The Morgan fingerprint density at radius 3 is 2.48 bits per heavy atom. The molecule has 2 heterocycles. The molecular weight excluding hydrogens is 368 g/mol. The van der Waals surface area contributed by atoms with Crippen molar-refractivity contribution in [3.8, 4) is 0 Å². The second-order valence-electron chi connectivity index (χ2n) is 9.06. The lowest BCUT2D eigenvalue weighted by Gasteiger charge is -2.37. The number of hydrogen-bond donors (Lipinski definition) is 1. The molecule has 1 aromatic carbocycles. The largest absolute Gasteiger partial charge is 0.376 e. The maximum atomic E-state index is 13.2. The van der Waals surface area contributed by atoms with E-state index >= 15 is 0 Å². The van der Waals surface area contributed by atoms with Gasteiger partial charge in [0.05, 0.1) is 23.6 Å². The molecule has 2 aliphatic heterocycles. The number of hydrogen-bond acceptors (Lipinski definition) is 4. The quantitative estimate of drug-likeness (QED) is 0.629. The number of nitrogens with zero attached hydrogens (tertiary/aromatic N) is 1. The van der Waals surface area contributed by atoms with Gasteiger partial charge in [-0.25, -0.2) is 4.90 Å². The molecule has 1 N–H and O–H groups in total. The van der Waals surface area contributed by atoms with Gasteiger partial charge in [0.2, 0.25) is 11.8 Å². The maximum Gasteiger partial charge on any atom is 0.251 e. The number of amides is 3. The topological polar surface area (TPSA) is 75.7 Å². The third kappa shape index (κ3) is 2.54. The molecule has 0 radical (unpaired) electrons. The van der Waals surface area contributed by atoms with Gasteiger partial charge in [-0.1, -0.05) is 18.2 Å². The van der Waals surface area contributed by atoms with Crippen LogP contribution in [0.25, 0.3) is 0 Å². The molecule has 6 nitrogen and oxygen atoms in total. The van der Waals surface area contributed by atoms with Gasteiger partial charge in [-0.05, 0) is 61.1 Å². The molecule has 2 saturated heterocycles. The number of ether oxygens (including phenoxy) is 1. The summed E-state index contributed by atoms with van der Waals surface area (Å²) in [5, 5.41) is 2.90. The van der Waals surface area contributed by atoms with Crippen molar-refractivity contribution < 1.29 is 19.1 Å². The van der Waals surface area contributed by atoms with E-state index in [4.69, 9.17) is 4.74 Å². The minimum Gasteiger partial charge on any atom is -0.376 e. The van der Waals surface area contributed by atoms with Crippen LogP contribution >= 0.6 is 0 Å². The first-order valence-corrected chi connectivity index (χ1v) is 10.7. The van der Waals surface area contributed by atoms with Crippen LogP contribution in [0.5, 0.6) is 0 Å². The van der Waals surface area contributed by atoms with E-state index in [9.17, 15) is 14.4 Å². The summed E-state index contributed by atoms with van der Waals surface area (Å²) in [6.45, 7) is 1.22. The van der Waals surface area contributed by atoms with E-state index in [0.29, 0.717) is 29.6 Å². The predicted octanol–water partition coefficient (Wildman–Crippen LogP) is 2.15. The van der Waals surface area contributed by atoms with Crippen molar-refractivity contribution in [3.63, 3.8) is 0 Å². The van der Waals surface area contributed by atoms with Crippen LogP contribution in [-0.2, 0) is 14.3 Å². The lowest BCUT2D eigenvalue weighted by Crippen LogP contribution is -2.40. The van der Waals surface area contributed by atoms with Gasteiger partial charge < -0.3 is 10.1 Å². The molecular formula is C23H24N2O4. The Hall–Kier alpha value is -2.47. The first-order valence-electron chi connectivity index (χ1n) is 10.7. The highest BCUT2D eigenvalue weighted by Gasteiger charge is 2.67. The SMILES string of the molecule is O=C(NC[C@@H]1CCCO1)c1cccc(N2C(=O)[C@@H]3[C@H]4C=C[C@H]([C@H]5C[C@H]45)[C@@H]3C2=O)c1. The second kappa shape index (κ2) is 6.26. The zero-order valence-corrected chi connectivity index (χ0v) is 16.1. The molecule has 6 aliphatic rings. The van der Waals surface area contributed by atoms with Gasteiger partial charge in [0.1, 0.15) is 0 Å². The summed E-state index contributed by atoms with van der Waals surface area (Å²) >= 11 is 0. The smallest absolute Gasteiger partial charge is 0.251 e. The lowest BCUT2D eigenvalue weighted by molar-refractivity contribution is -0.124. The Morgan fingerprint density at radius 1 is 1.10 bits per heavy atom. The molecule has 2 bridgehead atoms. The maximum absolute atomic E-state index is 13.2. The van der Waals surface area contributed by atoms with Crippen molar-refractivity contribution in [1.29, 1.82) is 0 Å². The Bertz CT molecular complexity index is 899. The molecule has 0 unspecified atom stereocenters. The number of allylic oxidation sites excluding steroid dienone is 2. The van der Waals surface area contributed by atoms with Crippen LogP contribution in [-0.4, -0.2) is 37.0 Å². The van der Waals surface area contributed by atoms with Gasteiger partial charge in [0, 0.05) is 18.7 Å². The van der Waals surface area contributed by atoms with Gasteiger partial charge in [0.15, 0.2) is 0 Å². The van der Waals surface area contributed by atoms with Gasteiger partial charge in [-0.3, -0.25) is 14.4 Å². The minimum absolute atomic E-state index is 0.0707. The lowest BCUT2D eigenvalue weighted by atomic mass is 9.63. The van der Waals surface area contributed by atoms with E-state index in [1.807, 2.05) is 0 Å². The van der Waals surface area contributed by atoms with E-state index < -0.39 is 0 Å². The van der Waals surface area contributed by atoms with E-state index in [1.54, 1.807) is 24.3 Å². The third-order valence-electron chi connectivity index (χ3n) is 7.54. The van der Waals surface area contributed by atoms with Crippen LogP contribution in [0.3, 0.4) is 0 Å². The summed E-state index contributed by atoms with van der Waals surface area (Å²) in [6, 6.07) is 6.87. The van der Waals surface area contributed by atoms with Crippen LogP contribution in [0.2, 0.25) is 0 Å². The molecule has 150 valence electrons. The average Bonchev–Trinajstić information content (AvgIpc) is 3.33. The predicted molar refractivity (Wildman–Crippen MR) is 105 cm³/mol. The summed E-state index contributed by atoms with van der Waals surface area (Å²) in [5.41, 5.74) is 0.965. The number of anilines is 1. The number of nitrogens with one attached hydrogen (secondary N) is 1. The molecule has 4 aliphatic carbocycles. The fourth-order valence-corrected chi connectivity index (χ4v) is 6.11. The normalized spacial score (nSPS) is 38.9. The summed E-state index contributed by atoms with van der Waals surface area (Å²) in [4.78, 5) is 40.4. The zero-order chi connectivity index (χ0) is 19.7. The summed E-state index contributed by atoms with van der Waals surface area (Å²) in [6.07, 6.45) is 7.54. The number of imide groups is 1. The summed E-state index contributed by atoms with van der Waals surface area (Å²) in [7, 11) is 0. The van der Waals surface area contributed by atoms with Crippen molar-refractivity contribution in [2.45, 2.75) is 25.4 Å². The Labute approximate surface area is 169 Å². The van der Waals surface area contributed by atoms with Crippen molar-refractivity contribution in [2.75, 3.05) is 18.1 Å². The van der Waals surface area contributed by atoms with Crippen LogP contribution in [0.1, 0.15) is 29.6 Å². The number of benzene rings is 1. The molecule has 6 heteroatoms. The molecule has 2 saturated carbocycles. The second-order valence-corrected chi connectivity index (χ2v) is 9.06. The zero-order valence-electron chi connectivity index (χ0n) is 16.1. The Morgan fingerprint density at radius 2 is 1.83 bits per heavy atom. The number of carbonyl (C=O) groups is 3. The summed E-state index contributed by atoms with van der Waals surface area (Å²) < 4.78 is 5.55. The highest BCUT2D eigenvalue weighted by Crippen LogP contribution is 2.65. The standard InChI is InChI=1S/C23H24N2O4/c26-21(24-11-14-5-2-8-29-14)12-3-1-4-13(9-12)25-22(27)19-15-6-7-16(18-10-17(15)18)20(19)23(25)28/h1,3-4,6-7,9,14-20H,2,5,8,10-11H2,(H,24,26)/t14-,15-,16+,17+,18+,19+,20-/m0/s1. The van der Waals surface area contributed by atoms with Gasteiger partial charge in [0.25, 0.3) is 5.91 Å². The van der Waals surface area contributed by atoms with Crippen LogP contribution in [0.15, 0.2) is 36.4 Å². The van der Waals surface area contributed by atoms with Gasteiger partial charge in [-0.2, -0.15) is 0 Å². The number of carbonyl (C=O) groups excluding carboxylic acids is 3. The molecule has 3 amide bonds. The third-order valence-corrected chi connectivity index (χ3v) is 7.54. The van der Waals surface area contributed by atoms with Crippen LogP contribution in [0.4, 0.5) is 5.69 Å². The van der Waals surface area contributed by atoms with Crippen molar-refractivity contribution >= 4 is 23.4 Å². The van der Waals surface area contributed by atoms with Gasteiger partial charge >= 0.3 is 0 Å². The van der Waals surface area contributed by atoms with E-state index in [2.05, 4.69) is 17.5 Å². The van der Waals surface area contributed by atoms with E-state index in [1.165, 1.54) is 4.90 Å². The molecule has 1 aromatic rings. The Kier molecular flexibility index (Phi) is 3.76. The minimum atomic E-state index is -0.224. The molecule has 7 atom stereocenters. The fourth-order valence-electron chi connectivity index (χ4n) is 6.11. The van der Waals surface area contributed by atoms with Crippen LogP contribution in [0, 0.1) is 35.5 Å². The Balaban J connectivity index is 1.23. The van der Waals surface area contributed by atoms with E-state index in [-0.39, 0.29) is 47.5 Å². The highest BCUT2D eigenvalue weighted by atomic mass is 16.5. The van der Waals surface area contributed by atoms with E-state index in [0.717, 1.165) is 25.9 Å². The molecule has 0 aromatic heterocycles.